The molecule has 18 heavy (non-hydrogen) atoms. The van der Waals surface area contributed by atoms with Crippen molar-refractivity contribution in [3.63, 3.8) is 0 Å². The third-order valence-electron chi connectivity index (χ3n) is 3.50. The van der Waals surface area contributed by atoms with Gasteiger partial charge in [0, 0.05) is 12.1 Å². The Labute approximate surface area is 108 Å². The van der Waals surface area contributed by atoms with Gasteiger partial charge in [-0.05, 0) is 30.4 Å². The summed E-state index contributed by atoms with van der Waals surface area (Å²) in [7, 11) is 0. The van der Waals surface area contributed by atoms with E-state index in [1.54, 1.807) is 11.3 Å². The van der Waals surface area contributed by atoms with Gasteiger partial charge in [-0.3, -0.25) is 0 Å². The van der Waals surface area contributed by atoms with E-state index in [9.17, 15) is 0 Å². The highest BCUT2D eigenvalue weighted by atomic mass is 32.1. The molecule has 0 aliphatic heterocycles. The Kier molecular flexibility index (Phi) is 2.20. The molecule has 0 unspecified atom stereocenters. The first-order valence-electron chi connectivity index (χ1n) is 6.17. The summed E-state index contributed by atoms with van der Waals surface area (Å²) in [5, 5.41) is 6.72. The maximum atomic E-state index is 4.64. The van der Waals surface area contributed by atoms with E-state index in [0.717, 1.165) is 11.5 Å². The van der Waals surface area contributed by atoms with Gasteiger partial charge < -0.3 is 0 Å². The Hall–Kier alpha value is -1.75. The van der Waals surface area contributed by atoms with Gasteiger partial charge in [0.15, 0.2) is 5.82 Å². The maximum Gasteiger partial charge on any atom is 0.252 e. The Morgan fingerprint density at radius 1 is 1.28 bits per heavy atom. The molecule has 4 nitrogen and oxygen atoms in total. The summed E-state index contributed by atoms with van der Waals surface area (Å²) in [4.78, 5) is 10.1. The van der Waals surface area contributed by atoms with Crippen LogP contribution in [0.2, 0.25) is 0 Å². The lowest BCUT2D eigenvalue weighted by atomic mass is 9.85. The Morgan fingerprint density at radius 2 is 2.22 bits per heavy atom. The number of thiophene rings is 1. The Bertz CT molecular complexity index is 682. The summed E-state index contributed by atoms with van der Waals surface area (Å²) < 4.78 is 1.87. The van der Waals surface area contributed by atoms with E-state index in [-0.39, 0.29) is 0 Å². The largest absolute Gasteiger partial charge is 0.252 e. The third-order valence-corrected chi connectivity index (χ3v) is 4.39. The lowest BCUT2D eigenvalue weighted by Crippen LogP contribution is -2.10. The molecular weight excluding hydrogens is 244 g/mol. The summed E-state index contributed by atoms with van der Waals surface area (Å²) in [6.07, 6.45) is 5.53. The molecule has 0 atom stereocenters. The number of rotatable bonds is 2. The maximum absolute atomic E-state index is 4.64. The van der Waals surface area contributed by atoms with Gasteiger partial charge in [-0.2, -0.15) is 9.50 Å². The second kappa shape index (κ2) is 3.88. The fourth-order valence-corrected chi connectivity index (χ4v) is 3.00. The van der Waals surface area contributed by atoms with Crippen molar-refractivity contribution in [1.29, 1.82) is 0 Å². The van der Waals surface area contributed by atoms with Crippen LogP contribution in [0.5, 0.6) is 0 Å². The number of hydrogen-bond acceptors (Lipinski definition) is 4. The summed E-state index contributed by atoms with van der Waals surface area (Å²) >= 11 is 1.71. The van der Waals surface area contributed by atoms with E-state index >= 15 is 0 Å². The molecule has 3 heterocycles. The SMILES string of the molecule is c1csc(-c2ccnc3nc(C4CCC4)nn23)c1. The molecule has 5 heteroatoms. The monoisotopic (exact) mass is 256 g/mol. The van der Waals surface area contributed by atoms with E-state index in [1.165, 1.54) is 24.1 Å². The molecule has 1 aliphatic rings. The zero-order valence-corrected chi connectivity index (χ0v) is 10.6. The molecule has 4 rings (SSSR count). The van der Waals surface area contributed by atoms with Crippen molar-refractivity contribution in [2.75, 3.05) is 0 Å². The minimum Gasteiger partial charge on any atom is -0.220 e. The van der Waals surface area contributed by atoms with Crippen LogP contribution < -0.4 is 0 Å². The molecule has 0 aromatic carbocycles. The quantitative estimate of drug-likeness (QED) is 0.707. The van der Waals surface area contributed by atoms with Gasteiger partial charge in [0.05, 0.1) is 10.6 Å². The third kappa shape index (κ3) is 1.47. The number of nitrogens with zero attached hydrogens (tertiary/aromatic N) is 4. The molecule has 0 amide bonds. The number of aromatic nitrogens is 4. The first-order chi connectivity index (χ1) is 8.92. The van der Waals surface area contributed by atoms with Gasteiger partial charge >= 0.3 is 0 Å². The van der Waals surface area contributed by atoms with E-state index in [4.69, 9.17) is 0 Å². The van der Waals surface area contributed by atoms with Crippen LogP contribution in [0.25, 0.3) is 16.3 Å². The van der Waals surface area contributed by atoms with Crippen LogP contribution in [-0.4, -0.2) is 19.6 Å². The zero-order valence-electron chi connectivity index (χ0n) is 9.78. The van der Waals surface area contributed by atoms with Crippen molar-refractivity contribution < 1.29 is 0 Å². The van der Waals surface area contributed by atoms with Crippen molar-refractivity contribution in [3.05, 3.63) is 35.6 Å². The molecular formula is C13H12N4S. The molecule has 1 aliphatic carbocycles. The van der Waals surface area contributed by atoms with E-state index in [2.05, 4.69) is 32.6 Å². The van der Waals surface area contributed by atoms with Gasteiger partial charge in [0.2, 0.25) is 0 Å². The summed E-state index contributed by atoms with van der Waals surface area (Å²) in [5.41, 5.74) is 1.08. The Morgan fingerprint density at radius 3 is 2.94 bits per heavy atom. The molecule has 0 spiro atoms. The van der Waals surface area contributed by atoms with Crippen LogP contribution >= 0.6 is 11.3 Å². The van der Waals surface area contributed by atoms with E-state index in [0.29, 0.717) is 11.7 Å². The van der Waals surface area contributed by atoms with Crippen LogP contribution in [0.1, 0.15) is 31.0 Å². The lowest BCUT2D eigenvalue weighted by Gasteiger charge is -2.21. The molecule has 0 radical (unpaired) electrons. The van der Waals surface area contributed by atoms with Crippen LogP contribution in [0.4, 0.5) is 0 Å². The zero-order chi connectivity index (χ0) is 11.9. The average molecular weight is 256 g/mol. The molecule has 0 saturated heterocycles. The highest BCUT2D eigenvalue weighted by Crippen LogP contribution is 2.35. The molecule has 90 valence electrons. The molecule has 3 aromatic heterocycles. The van der Waals surface area contributed by atoms with E-state index < -0.39 is 0 Å². The summed E-state index contributed by atoms with van der Waals surface area (Å²) in [6.45, 7) is 0. The number of fused-ring (bicyclic) bond motifs is 1. The van der Waals surface area contributed by atoms with Crippen molar-refractivity contribution >= 4 is 17.1 Å². The second-order valence-electron chi connectivity index (χ2n) is 4.62. The highest BCUT2D eigenvalue weighted by molar-refractivity contribution is 7.13. The molecule has 1 saturated carbocycles. The predicted octanol–water partition coefficient (Wildman–Crippen LogP) is 3.12. The topological polar surface area (TPSA) is 43.1 Å². The standard InChI is InChI=1S/C13H12N4S/c1-3-9(4-1)12-15-13-14-7-6-10(17(13)16-12)11-5-2-8-18-11/h2,5-9H,1,3-4H2. The first kappa shape index (κ1) is 10.2. The van der Waals surface area contributed by atoms with Crippen molar-refractivity contribution in [2.24, 2.45) is 0 Å². The van der Waals surface area contributed by atoms with Crippen LogP contribution in [0, 0.1) is 0 Å². The second-order valence-corrected chi connectivity index (χ2v) is 5.56. The van der Waals surface area contributed by atoms with Gasteiger partial charge in [0.25, 0.3) is 5.78 Å². The predicted molar refractivity (Wildman–Crippen MR) is 70.7 cm³/mol. The van der Waals surface area contributed by atoms with E-state index in [1.807, 2.05) is 16.8 Å². The fraction of sp³-hybridized carbons (Fsp3) is 0.308. The first-order valence-corrected chi connectivity index (χ1v) is 7.05. The average Bonchev–Trinajstić information content (AvgIpc) is 2.94. The summed E-state index contributed by atoms with van der Waals surface area (Å²) in [5.74, 6) is 2.21. The number of hydrogen-bond donors (Lipinski definition) is 0. The lowest BCUT2D eigenvalue weighted by molar-refractivity contribution is 0.402. The smallest absolute Gasteiger partial charge is 0.220 e. The van der Waals surface area contributed by atoms with Gasteiger partial charge in [-0.1, -0.05) is 12.5 Å². The minimum absolute atomic E-state index is 0.544. The Balaban J connectivity index is 1.90. The van der Waals surface area contributed by atoms with Gasteiger partial charge in [-0.15, -0.1) is 16.4 Å². The fourth-order valence-electron chi connectivity index (χ4n) is 2.26. The normalized spacial score (nSPS) is 16.0. The van der Waals surface area contributed by atoms with Crippen molar-refractivity contribution in [3.8, 4) is 10.6 Å². The minimum atomic E-state index is 0.544. The molecule has 0 bridgehead atoms. The molecule has 1 fully saturated rings. The molecule has 0 N–H and O–H groups in total. The summed E-state index contributed by atoms with van der Waals surface area (Å²) in [6, 6.07) is 6.15. The van der Waals surface area contributed by atoms with Gasteiger partial charge in [-0.25, -0.2) is 4.98 Å². The van der Waals surface area contributed by atoms with Crippen LogP contribution in [0.3, 0.4) is 0 Å². The van der Waals surface area contributed by atoms with Crippen molar-refractivity contribution in [2.45, 2.75) is 25.2 Å². The van der Waals surface area contributed by atoms with Crippen LogP contribution in [0.15, 0.2) is 29.8 Å². The van der Waals surface area contributed by atoms with Crippen molar-refractivity contribution in [1.82, 2.24) is 19.6 Å². The van der Waals surface area contributed by atoms with Crippen LogP contribution in [-0.2, 0) is 0 Å². The highest BCUT2D eigenvalue weighted by Gasteiger charge is 2.24. The van der Waals surface area contributed by atoms with Gasteiger partial charge in [0.1, 0.15) is 0 Å². The molecule has 3 aromatic rings.